The fraction of sp³-hybridized carbons (Fsp3) is 0.0833. The minimum Gasteiger partial charge on any atom is -0.399 e. The Morgan fingerprint density at radius 1 is 1.24 bits per heavy atom. The molecule has 0 fully saturated rings. The van der Waals surface area contributed by atoms with Gasteiger partial charge >= 0.3 is 0 Å². The monoisotopic (exact) mass is 373 g/mol. The summed E-state index contributed by atoms with van der Waals surface area (Å²) >= 11 is 8.26. The van der Waals surface area contributed by atoms with Crippen molar-refractivity contribution >= 4 is 54.7 Å². The van der Waals surface area contributed by atoms with Crippen molar-refractivity contribution in [1.29, 1.82) is 0 Å². The predicted molar refractivity (Wildman–Crippen MR) is 78.7 cm³/mol. The summed E-state index contributed by atoms with van der Waals surface area (Å²) in [6, 6.07) is 7.15. The third-order valence-corrected chi connectivity index (χ3v) is 4.74. The molecule has 1 heterocycles. The second-order valence-corrected chi connectivity index (χ2v) is 7.39. The van der Waals surface area contributed by atoms with Crippen molar-refractivity contribution in [3.63, 3.8) is 0 Å². The van der Waals surface area contributed by atoms with E-state index in [0.29, 0.717) is 16.8 Å². The summed E-state index contributed by atoms with van der Waals surface area (Å²) in [4.78, 5) is 12.3. The van der Waals surface area contributed by atoms with Crippen molar-refractivity contribution in [3.05, 3.63) is 48.5 Å². The van der Waals surface area contributed by atoms with Crippen molar-refractivity contribution in [1.82, 2.24) is 0 Å². The van der Waals surface area contributed by atoms with Crippen molar-refractivity contribution in [3.8, 4) is 0 Å². The Morgan fingerprint density at radius 3 is 2.47 bits per heavy atom. The topological polar surface area (TPSA) is 43.1 Å². The molecular weight excluding hydrogens is 366 g/mol. The van der Waals surface area contributed by atoms with Crippen LogP contribution in [0.4, 0.5) is 5.69 Å². The molecule has 88 valence electrons. The van der Waals surface area contributed by atoms with Gasteiger partial charge in [-0.1, -0.05) is 0 Å². The number of carbonyl (C=O) groups excluding carboxylic acids is 1. The highest BCUT2D eigenvalue weighted by molar-refractivity contribution is 9.12. The lowest BCUT2D eigenvalue weighted by Crippen LogP contribution is -2.03. The fourth-order valence-electron chi connectivity index (χ4n) is 1.58. The number of ketones is 1. The van der Waals surface area contributed by atoms with Gasteiger partial charge < -0.3 is 5.73 Å². The molecule has 0 amide bonds. The van der Waals surface area contributed by atoms with Crippen molar-refractivity contribution in [2.24, 2.45) is 0 Å². The van der Waals surface area contributed by atoms with Gasteiger partial charge in [0.25, 0.3) is 0 Å². The number of carbonyl (C=O) groups is 1. The zero-order valence-corrected chi connectivity index (χ0v) is 12.9. The van der Waals surface area contributed by atoms with E-state index in [1.54, 1.807) is 12.1 Å². The molecule has 2 aromatic rings. The molecule has 0 saturated heterocycles. The van der Waals surface area contributed by atoms with E-state index in [-0.39, 0.29) is 5.78 Å². The summed E-state index contributed by atoms with van der Waals surface area (Å²) in [6.45, 7) is 1.89. The Morgan fingerprint density at radius 2 is 1.94 bits per heavy atom. The summed E-state index contributed by atoms with van der Waals surface area (Å²) in [5.74, 6) is 0.0105. The largest absolute Gasteiger partial charge is 0.399 e. The lowest BCUT2D eigenvalue weighted by atomic mass is 10.0. The molecule has 0 unspecified atom stereocenters. The van der Waals surface area contributed by atoms with E-state index >= 15 is 0 Å². The maximum absolute atomic E-state index is 12.3. The number of rotatable bonds is 2. The van der Waals surface area contributed by atoms with Crippen LogP contribution in [0.25, 0.3) is 0 Å². The van der Waals surface area contributed by atoms with Gasteiger partial charge in [-0.25, -0.2) is 0 Å². The van der Waals surface area contributed by atoms with Crippen LogP contribution in [0.2, 0.25) is 0 Å². The van der Waals surface area contributed by atoms with Crippen LogP contribution in [-0.4, -0.2) is 5.78 Å². The van der Waals surface area contributed by atoms with E-state index < -0.39 is 0 Å². The summed E-state index contributed by atoms with van der Waals surface area (Å²) in [7, 11) is 0. The van der Waals surface area contributed by atoms with Gasteiger partial charge in [0.15, 0.2) is 5.78 Å². The maximum atomic E-state index is 12.3. The molecule has 0 atom stereocenters. The lowest BCUT2D eigenvalue weighted by Gasteiger charge is -2.05. The number of hydrogen-bond donors (Lipinski definition) is 1. The fourth-order valence-corrected chi connectivity index (χ4v) is 4.38. The summed E-state index contributed by atoms with van der Waals surface area (Å²) < 4.78 is 1.77. The number of halogens is 2. The van der Waals surface area contributed by atoms with E-state index in [1.807, 2.05) is 19.1 Å². The Kier molecular flexibility index (Phi) is 3.70. The van der Waals surface area contributed by atoms with Crippen molar-refractivity contribution in [2.75, 3.05) is 5.73 Å². The Labute approximate surface area is 120 Å². The third kappa shape index (κ3) is 2.61. The zero-order valence-electron chi connectivity index (χ0n) is 8.96. The highest BCUT2D eigenvalue weighted by Crippen LogP contribution is 2.33. The molecular formula is C12H9Br2NOS. The molecule has 0 spiro atoms. The lowest BCUT2D eigenvalue weighted by molar-refractivity contribution is 0.103. The molecule has 0 bridgehead atoms. The van der Waals surface area contributed by atoms with Crippen molar-refractivity contribution in [2.45, 2.75) is 6.92 Å². The van der Waals surface area contributed by atoms with E-state index in [9.17, 15) is 4.79 Å². The average molecular weight is 375 g/mol. The third-order valence-electron chi connectivity index (χ3n) is 2.40. The molecule has 1 aromatic heterocycles. The minimum atomic E-state index is 0.0105. The van der Waals surface area contributed by atoms with E-state index in [4.69, 9.17) is 5.73 Å². The van der Waals surface area contributed by atoms with Crippen LogP contribution in [0.15, 0.2) is 31.8 Å². The van der Waals surface area contributed by atoms with Gasteiger partial charge in [0.1, 0.15) is 0 Å². The molecule has 0 aliphatic heterocycles. The summed E-state index contributed by atoms with van der Waals surface area (Å²) in [6.07, 6.45) is 0. The summed E-state index contributed by atoms with van der Waals surface area (Å²) in [5, 5.41) is 0. The van der Waals surface area contributed by atoms with Crippen molar-refractivity contribution < 1.29 is 4.79 Å². The van der Waals surface area contributed by atoms with Crippen LogP contribution in [0, 0.1) is 6.92 Å². The molecule has 0 aliphatic rings. The van der Waals surface area contributed by atoms with E-state index in [2.05, 4.69) is 31.9 Å². The van der Waals surface area contributed by atoms with E-state index in [0.717, 1.165) is 13.1 Å². The number of nitrogens with two attached hydrogens (primary N) is 1. The first-order valence-electron chi connectivity index (χ1n) is 4.84. The van der Waals surface area contributed by atoms with Gasteiger partial charge in [0, 0.05) is 16.8 Å². The first-order chi connectivity index (χ1) is 7.99. The molecule has 2 rings (SSSR count). The Balaban J connectivity index is 2.47. The minimum absolute atomic E-state index is 0.0105. The van der Waals surface area contributed by atoms with Gasteiger partial charge in [-0.15, -0.1) is 11.3 Å². The second-order valence-electron chi connectivity index (χ2n) is 3.64. The van der Waals surface area contributed by atoms with Gasteiger partial charge in [0.2, 0.25) is 0 Å². The molecule has 0 radical (unpaired) electrons. The second kappa shape index (κ2) is 4.92. The first-order valence-corrected chi connectivity index (χ1v) is 7.25. The molecule has 0 saturated carbocycles. The quantitative estimate of drug-likeness (QED) is 0.625. The molecule has 2 N–H and O–H groups in total. The zero-order chi connectivity index (χ0) is 12.6. The van der Waals surface area contributed by atoms with Gasteiger partial charge in [-0.2, -0.15) is 0 Å². The maximum Gasteiger partial charge on any atom is 0.195 e. The van der Waals surface area contributed by atoms with E-state index in [1.165, 1.54) is 11.3 Å². The number of thiophene rings is 1. The van der Waals surface area contributed by atoms with Gasteiger partial charge in [-0.3, -0.25) is 4.79 Å². The van der Waals surface area contributed by atoms with Crippen LogP contribution >= 0.6 is 43.2 Å². The molecule has 5 heteroatoms. The number of anilines is 1. The molecule has 17 heavy (non-hydrogen) atoms. The number of hydrogen-bond acceptors (Lipinski definition) is 3. The average Bonchev–Trinajstić information content (AvgIpc) is 2.57. The molecule has 2 nitrogen and oxygen atoms in total. The Hall–Kier alpha value is -0.650. The standard InChI is InChI=1S/C12H9Br2NOS/c1-6-4-7(15)2-3-8(6)11(16)9-5-10(13)17-12(9)14/h2-5H,15H2,1H3. The number of nitrogen functional groups attached to an aromatic ring is 1. The number of benzene rings is 1. The predicted octanol–water partition coefficient (Wildman–Crippen LogP) is 4.39. The van der Waals surface area contributed by atoms with Gasteiger partial charge in [-0.05, 0) is 68.6 Å². The SMILES string of the molecule is Cc1cc(N)ccc1C(=O)c1cc(Br)sc1Br. The van der Waals surface area contributed by atoms with Crippen LogP contribution in [-0.2, 0) is 0 Å². The Bertz CT molecular complexity index is 592. The van der Waals surface area contributed by atoms with Gasteiger partial charge in [0.05, 0.1) is 7.57 Å². The highest BCUT2D eigenvalue weighted by atomic mass is 79.9. The van der Waals surface area contributed by atoms with Crippen LogP contribution in [0.5, 0.6) is 0 Å². The van der Waals surface area contributed by atoms with Crippen LogP contribution in [0.3, 0.4) is 0 Å². The van der Waals surface area contributed by atoms with Crippen LogP contribution in [0.1, 0.15) is 21.5 Å². The smallest absolute Gasteiger partial charge is 0.195 e. The summed E-state index contributed by atoms with van der Waals surface area (Å²) in [5.41, 5.74) is 8.60. The highest BCUT2D eigenvalue weighted by Gasteiger charge is 2.17. The molecule has 0 aliphatic carbocycles. The first kappa shape index (κ1) is 12.8. The van der Waals surface area contributed by atoms with Crippen LogP contribution < -0.4 is 5.73 Å². The molecule has 1 aromatic carbocycles. The normalized spacial score (nSPS) is 10.5. The number of aryl methyl sites for hydroxylation is 1.